The summed E-state index contributed by atoms with van der Waals surface area (Å²) >= 11 is 5.76. The summed E-state index contributed by atoms with van der Waals surface area (Å²) in [5, 5.41) is 0.613. The Morgan fingerprint density at radius 2 is 1.84 bits per heavy atom. The van der Waals surface area contributed by atoms with Crippen molar-refractivity contribution >= 4 is 23.2 Å². The van der Waals surface area contributed by atoms with E-state index in [1.807, 2.05) is 0 Å². The summed E-state index contributed by atoms with van der Waals surface area (Å²) in [5.41, 5.74) is 5.98. The fourth-order valence-corrected chi connectivity index (χ4v) is 1.64. The Hall–Kier alpha value is -2.27. The van der Waals surface area contributed by atoms with Gasteiger partial charge in [-0.2, -0.15) is 0 Å². The summed E-state index contributed by atoms with van der Waals surface area (Å²) in [5.74, 6) is -0.393. The zero-order valence-electron chi connectivity index (χ0n) is 10.2. The smallest absolute Gasteiger partial charge is 0.286 e. The van der Waals surface area contributed by atoms with Crippen LogP contribution < -0.4 is 16.4 Å². The first kappa shape index (κ1) is 13.2. The number of benzene rings is 1. The van der Waals surface area contributed by atoms with Gasteiger partial charge in [0.1, 0.15) is 5.69 Å². The second-order valence-corrected chi connectivity index (χ2v) is 4.33. The van der Waals surface area contributed by atoms with Gasteiger partial charge in [0.2, 0.25) is 0 Å². The number of amides is 1. The van der Waals surface area contributed by atoms with E-state index in [1.54, 1.807) is 43.4 Å². The van der Waals surface area contributed by atoms with Crippen molar-refractivity contribution in [3.05, 3.63) is 63.5 Å². The summed E-state index contributed by atoms with van der Waals surface area (Å²) in [6, 6.07) is 11.4. The third-order valence-electron chi connectivity index (χ3n) is 2.58. The highest BCUT2D eigenvalue weighted by Crippen LogP contribution is 2.12. The van der Waals surface area contributed by atoms with Crippen LogP contribution in [0.15, 0.2) is 47.3 Å². The SMILES string of the molecule is Cn1c(C(=O)NNc2ccc(Cl)cc2)cccc1=O. The minimum absolute atomic E-state index is 0.237. The molecule has 19 heavy (non-hydrogen) atoms. The second-order valence-electron chi connectivity index (χ2n) is 3.89. The molecule has 1 aromatic heterocycles. The van der Waals surface area contributed by atoms with E-state index in [4.69, 9.17) is 11.6 Å². The van der Waals surface area contributed by atoms with Gasteiger partial charge in [0.15, 0.2) is 0 Å². The van der Waals surface area contributed by atoms with Crippen LogP contribution in [0.4, 0.5) is 5.69 Å². The Labute approximate surface area is 114 Å². The predicted molar refractivity (Wildman–Crippen MR) is 74.2 cm³/mol. The lowest BCUT2D eigenvalue weighted by Crippen LogP contribution is -2.33. The molecule has 0 radical (unpaired) electrons. The molecule has 0 aliphatic rings. The quantitative estimate of drug-likeness (QED) is 0.841. The number of nitrogens with zero attached hydrogens (tertiary/aromatic N) is 1. The van der Waals surface area contributed by atoms with Crippen LogP contribution in [0.25, 0.3) is 0 Å². The van der Waals surface area contributed by atoms with E-state index in [-0.39, 0.29) is 11.3 Å². The van der Waals surface area contributed by atoms with Crippen LogP contribution in [0, 0.1) is 0 Å². The average Bonchev–Trinajstić information content (AvgIpc) is 2.41. The van der Waals surface area contributed by atoms with E-state index >= 15 is 0 Å². The van der Waals surface area contributed by atoms with Crippen LogP contribution >= 0.6 is 11.6 Å². The maximum absolute atomic E-state index is 11.9. The topological polar surface area (TPSA) is 63.1 Å². The predicted octanol–water partition coefficient (Wildman–Crippen LogP) is 1.80. The molecule has 6 heteroatoms. The standard InChI is InChI=1S/C13H12ClN3O2/c1-17-11(3-2-4-12(17)18)13(19)16-15-10-7-5-9(14)6-8-10/h2-8,15H,1H3,(H,16,19). The lowest BCUT2D eigenvalue weighted by Gasteiger charge is -2.10. The molecule has 0 saturated carbocycles. The summed E-state index contributed by atoms with van der Waals surface area (Å²) in [6.07, 6.45) is 0. The van der Waals surface area contributed by atoms with Gasteiger partial charge in [-0.3, -0.25) is 20.4 Å². The molecule has 1 amide bonds. The molecule has 1 heterocycles. The van der Waals surface area contributed by atoms with Crippen LogP contribution in [-0.4, -0.2) is 10.5 Å². The molecule has 0 atom stereocenters. The first-order chi connectivity index (χ1) is 9.08. The minimum Gasteiger partial charge on any atom is -0.307 e. The number of hydrazine groups is 1. The molecule has 0 aliphatic heterocycles. The van der Waals surface area contributed by atoms with Gasteiger partial charge in [0, 0.05) is 18.1 Å². The molecule has 0 bridgehead atoms. The highest BCUT2D eigenvalue weighted by molar-refractivity contribution is 6.30. The van der Waals surface area contributed by atoms with Crippen LogP contribution in [0.2, 0.25) is 5.02 Å². The first-order valence-electron chi connectivity index (χ1n) is 5.56. The summed E-state index contributed by atoms with van der Waals surface area (Å²) in [6.45, 7) is 0. The Kier molecular flexibility index (Phi) is 3.87. The number of anilines is 1. The van der Waals surface area contributed by atoms with E-state index in [0.29, 0.717) is 10.7 Å². The molecule has 5 nitrogen and oxygen atoms in total. The zero-order chi connectivity index (χ0) is 13.8. The van der Waals surface area contributed by atoms with Crippen molar-refractivity contribution in [1.82, 2.24) is 9.99 Å². The highest BCUT2D eigenvalue weighted by Gasteiger charge is 2.08. The van der Waals surface area contributed by atoms with E-state index in [0.717, 1.165) is 0 Å². The maximum atomic E-state index is 11.9. The van der Waals surface area contributed by atoms with Crippen LogP contribution in [0.5, 0.6) is 0 Å². The normalized spacial score (nSPS) is 10.0. The number of hydrogen-bond acceptors (Lipinski definition) is 3. The summed E-state index contributed by atoms with van der Waals surface area (Å²) in [7, 11) is 1.54. The number of carbonyl (C=O) groups excluding carboxylic acids is 1. The van der Waals surface area contributed by atoms with Gasteiger partial charge in [-0.25, -0.2) is 0 Å². The monoisotopic (exact) mass is 277 g/mol. The molecule has 2 rings (SSSR count). The molecule has 0 fully saturated rings. The molecule has 0 unspecified atom stereocenters. The molecule has 98 valence electrons. The van der Waals surface area contributed by atoms with Gasteiger partial charge in [-0.15, -0.1) is 0 Å². The van der Waals surface area contributed by atoms with Crippen molar-refractivity contribution in [1.29, 1.82) is 0 Å². The van der Waals surface area contributed by atoms with Gasteiger partial charge < -0.3 is 4.57 Å². The highest BCUT2D eigenvalue weighted by atomic mass is 35.5. The molecule has 2 N–H and O–H groups in total. The van der Waals surface area contributed by atoms with Crippen LogP contribution in [-0.2, 0) is 7.05 Å². The molecule has 0 spiro atoms. The van der Waals surface area contributed by atoms with E-state index < -0.39 is 5.91 Å². The molecule has 1 aromatic carbocycles. The van der Waals surface area contributed by atoms with Crippen molar-refractivity contribution < 1.29 is 4.79 Å². The largest absolute Gasteiger partial charge is 0.307 e. The molecular weight excluding hydrogens is 266 g/mol. The number of pyridine rings is 1. The summed E-state index contributed by atoms with van der Waals surface area (Å²) < 4.78 is 1.28. The third-order valence-corrected chi connectivity index (χ3v) is 2.83. The fourth-order valence-electron chi connectivity index (χ4n) is 1.52. The van der Waals surface area contributed by atoms with E-state index in [1.165, 1.54) is 10.6 Å². The van der Waals surface area contributed by atoms with Crippen molar-refractivity contribution in [2.75, 3.05) is 5.43 Å². The van der Waals surface area contributed by atoms with Crippen molar-refractivity contribution in [2.24, 2.45) is 7.05 Å². The third kappa shape index (κ3) is 3.14. The van der Waals surface area contributed by atoms with Gasteiger partial charge in [0.05, 0.1) is 5.69 Å². The van der Waals surface area contributed by atoms with Crippen LogP contribution in [0.1, 0.15) is 10.5 Å². The number of halogens is 1. The average molecular weight is 278 g/mol. The van der Waals surface area contributed by atoms with Gasteiger partial charge in [-0.05, 0) is 30.3 Å². The Morgan fingerprint density at radius 1 is 1.16 bits per heavy atom. The van der Waals surface area contributed by atoms with E-state index in [9.17, 15) is 9.59 Å². The van der Waals surface area contributed by atoms with Crippen molar-refractivity contribution in [2.45, 2.75) is 0 Å². The fraction of sp³-hybridized carbons (Fsp3) is 0.0769. The molecule has 0 aliphatic carbocycles. The lowest BCUT2D eigenvalue weighted by atomic mass is 10.3. The Bertz CT molecular complexity index is 650. The number of nitrogens with one attached hydrogen (secondary N) is 2. The molecule has 0 saturated heterocycles. The Balaban J connectivity index is 2.07. The van der Waals surface area contributed by atoms with Gasteiger partial charge in [-0.1, -0.05) is 17.7 Å². The zero-order valence-corrected chi connectivity index (χ0v) is 10.9. The summed E-state index contributed by atoms with van der Waals surface area (Å²) in [4.78, 5) is 23.3. The number of rotatable bonds is 3. The second kappa shape index (κ2) is 5.58. The maximum Gasteiger partial charge on any atom is 0.286 e. The van der Waals surface area contributed by atoms with Crippen molar-refractivity contribution in [3.63, 3.8) is 0 Å². The Morgan fingerprint density at radius 3 is 2.53 bits per heavy atom. The van der Waals surface area contributed by atoms with Crippen LogP contribution in [0.3, 0.4) is 0 Å². The molecular formula is C13H12ClN3O2. The van der Waals surface area contributed by atoms with E-state index in [2.05, 4.69) is 10.9 Å². The van der Waals surface area contributed by atoms with Gasteiger partial charge in [0.25, 0.3) is 11.5 Å². The molecule has 2 aromatic rings. The van der Waals surface area contributed by atoms with Gasteiger partial charge >= 0.3 is 0 Å². The first-order valence-corrected chi connectivity index (χ1v) is 5.94. The number of aromatic nitrogens is 1. The number of carbonyl (C=O) groups is 1. The number of hydrogen-bond donors (Lipinski definition) is 2. The van der Waals surface area contributed by atoms with Crippen molar-refractivity contribution in [3.8, 4) is 0 Å². The lowest BCUT2D eigenvalue weighted by molar-refractivity contribution is 0.0953. The minimum atomic E-state index is -0.393.